The third-order valence-corrected chi connectivity index (χ3v) is 2.07. The highest BCUT2D eigenvalue weighted by Crippen LogP contribution is 2.20. The van der Waals surface area contributed by atoms with Gasteiger partial charge in [0.1, 0.15) is 0 Å². The molecule has 0 saturated carbocycles. The quantitative estimate of drug-likeness (QED) is 0.759. The summed E-state index contributed by atoms with van der Waals surface area (Å²) in [6, 6.07) is 2.04. The van der Waals surface area contributed by atoms with Gasteiger partial charge in [0.05, 0.1) is 12.8 Å². The van der Waals surface area contributed by atoms with Crippen molar-refractivity contribution in [3.63, 3.8) is 0 Å². The molecule has 1 aromatic heterocycles. The Bertz CT molecular complexity index is 410. The first-order valence-electron chi connectivity index (χ1n) is 4.45. The number of ether oxygens (including phenoxy) is 1. The van der Waals surface area contributed by atoms with E-state index in [1.807, 2.05) is 31.2 Å². The van der Waals surface area contributed by atoms with Crippen LogP contribution >= 0.6 is 0 Å². The molecule has 0 unspecified atom stereocenters. The highest BCUT2D eigenvalue weighted by Gasteiger charge is 2.03. The molecule has 0 saturated heterocycles. The molecule has 2 heterocycles. The number of methoxy groups -OCH3 is 1. The van der Waals surface area contributed by atoms with E-state index in [0.29, 0.717) is 0 Å². The molecule has 72 valence electrons. The number of aromatic amines is 1. The molecule has 0 spiro atoms. The molecule has 0 aromatic carbocycles. The van der Waals surface area contributed by atoms with Gasteiger partial charge in [-0.3, -0.25) is 4.99 Å². The number of aryl methyl sites for hydroxylation is 1. The Labute approximate surface area is 82.8 Å². The van der Waals surface area contributed by atoms with Crippen molar-refractivity contribution in [1.82, 2.24) is 4.98 Å². The molecule has 2 rings (SSSR count). The molecular weight excluding hydrogens is 176 g/mol. The standard InChI is InChI=1S/C11H12N2O/c1-8-6-10(13-11(8)14-2)7-9-4-3-5-12-9/h3-7,13H,1-2H3/b9-7-. The second kappa shape index (κ2) is 3.54. The van der Waals surface area contributed by atoms with Crippen LogP contribution in [0.3, 0.4) is 0 Å². The molecule has 0 bridgehead atoms. The number of hydrogen-bond acceptors (Lipinski definition) is 2. The van der Waals surface area contributed by atoms with E-state index in [-0.39, 0.29) is 0 Å². The molecular formula is C11H12N2O. The number of aliphatic imine (C=N–C) groups is 1. The molecule has 0 amide bonds. The van der Waals surface area contributed by atoms with Gasteiger partial charge >= 0.3 is 0 Å². The average molecular weight is 188 g/mol. The third-order valence-electron chi connectivity index (χ3n) is 2.07. The van der Waals surface area contributed by atoms with E-state index in [4.69, 9.17) is 4.74 Å². The fraction of sp³-hybridized carbons (Fsp3) is 0.182. The molecule has 1 aromatic rings. The molecule has 1 aliphatic heterocycles. The van der Waals surface area contributed by atoms with Crippen molar-refractivity contribution >= 4 is 12.3 Å². The maximum Gasteiger partial charge on any atom is 0.193 e. The van der Waals surface area contributed by atoms with Gasteiger partial charge in [-0.15, -0.1) is 0 Å². The second-order valence-corrected chi connectivity index (χ2v) is 3.15. The predicted molar refractivity (Wildman–Crippen MR) is 57.7 cm³/mol. The zero-order chi connectivity index (χ0) is 9.97. The van der Waals surface area contributed by atoms with Crippen LogP contribution in [0.2, 0.25) is 0 Å². The van der Waals surface area contributed by atoms with Crippen LogP contribution in [0.1, 0.15) is 11.3 Å². The summed E-state index contributed by atoms with van der Waals surface area (Å²) >= 11 is 0. The van der Waals surface area contributed by atoms with Crippen molar-refractivity contribution in [3.8, 4) is 5.88 Å². The smallest absolute Gasteiger partial charge is 0.193 e. The Morgan fingerprint density at radius 1 is 1.50 bits per heavy atom. The van der Waals surface area contributed by atoms with Crippen molar-refractivity contribution in [1.29, 1.82) is 0 Å². The minimum Gasteiger partial charge on any atom is -0.482 e. The fourth-order valence-electron chi connectivity index (χ4n) is 1.41. The van der Waals surface area contributed by atoms with Crippen LogP contribution in [0, 0.1) is 6.92 Å². The first kappa shape index (κ1) is 8.81. The Morgan fingerprint density at radius 2 is 2.36 bits per heavy atom. The monoisotopic (exact) mass is 188 g/mol. The molecule has 1 aliphatic rings. The van der Waals surface area contributed by atoms with E-state index >= 15 is 0 Å². The molecule has 1 N–H and O–H groups in total. The summed E-state index contributed by atoms with van der Waals surface area (Å²) in [6.45, 7) is 2.01. The summed E-state index contributed by atoms with van der Waals surface area (Å²) in [5.74, 6) is 0.808. The van der Waals surface area contributed by atoms with Crippen molar-refractivity contribution in [3.05, 3.63) is 35.2 Å². The lowest BCUT2D eigenvalue weighted by molar-refractivity contribution is 0.397. The van der Waals surface area contributed by atoms with Gasteiger partial charge < -0.3 is 9.72 Å². The Morgan fingerprint density at radius 3 is 2.93 bits per heavy atom. The first-order valence-corrected chi connectivity index (χ1v) is 4.45. The largest absolute Gasteiger partial charge is 0.482 e. The lowest BCUT2D eigenvalue weighted by Crippen LogP contribution is -1.83. The Balaban J connectivity index is 2.29. The van der Waals surface area contributed by atoms with Crippen LogP contribution in [-0.2, 0) is 0 Å². The fourth-order valence-corrected chi connectivity index (χ4v) is 1.41. The molecule has 0 radical (unpaired) electrons. The van der Waals surface area contributed by atoms with Crippen LogP contribution in [-0.4, -0.2) is 18.3 Å². The van der Waals surface area contributed by atoms with E-state index in [1.54, 1.807) is 13.3 Å². The van der Waals surface area contributed by atoms with Gasteiger partial charge in [-0.25, -0.2) is 0 Å². The number of aromatic nitrogens is 1. The van der Waals surface area contributed by atoms with Gasteiger partial charge in [0.25, 0.3) is 0 Å². The number of hydrogen-bond donors (Lipinski definition) is 1. The lowest BCUT2D eigenvalue weighted by atomic mass is 10.3. The van der Waals surface area contributed by atoms with Crippen molar-refractivity contribution in [2.24, 2.45) is 4.99 Å². The average Bonchev–Trinajstić information content (AvgIpc) is 2.76. The van der Waals surface area contributed by atoms with Crippen LogP contribution < -0.4 is 4.74 Å². The van der Waals surface area contributed by atoms with Crippen LogP contribution in [0.25, 0.3) is 6.08 Å². The summed E-state index contributed by atoms with van der Waals surface area (Å²) in [6.07, 6.45) is 7.63. The number of nitrogens with one attached hydrogen (secondary N) is 1. The molecule has 14 heavy (non-hydrogen) atoms. The van der Waals surface area contributed by atoms with Crippen molar-refractivity contribution in [2.45, 2.75) is 6.92 Å². The Kier molecular flexibility index (Phi) is 2.23. The zero-order valence-corrected chi connectivity index (χ0v) is 8.24. The van der Waals surface area contributed by atoms with E-state index < -0.39 is 0 Å². The van der Waals surface area contributed by atoms with Gasteiger partial charge in [0.2, 0.25) is 0 Å². The minimum atomic E-state index is 0.808. The topological polar surface area (TPSA) is 37.4 Å². The zero-order valence-electron chi connectivity index (χ0n) is 8.24. The first-order chi connectivity index (χ1) is 6.79. The summed E-state index contributed by atoms with van der Waals surface area (Å²) in [4.78, 5) is 7.31. The van der Waals surface area contributed by atoms with Crippen LogP contribution in [0.4, 0.5) is 0 Å². The van der Waals surface area contributed by atoms with Crippen LogP contribution in [0.5, 0.6) is 5.88 Å². The molecule has 3 heteroatoms. The van der Waals surface area contributed by atoms with Gasteiger partial charge in [-0.2, -0.15) is 0 Å². The van der Waals surface area contributed by atoms with Crippen molar-refractivity contribution < 1.29 is 4.74 Å². The minimum absolute atomic E-state index is 0.808. The summed E-state index contributed by atoms with van der Waals surface area (Å²) < 4.78 is 5.15. The molecule has 3 nitrogen and oxygen atoms in total. The van der Waals surface area contributed by atoms with E-state index in [9.17, 15) is 0 Å². The molecule has 0 aliphatic carbocycles. The van der Waals surface area contributed by atoms with Gasteiger partial charge in [0, 0.05) is 17.5 Å². The number of allylic oxidation sites excluding steroid dienone is 2. The summed E-state index contributed by atoms with van der Waals surface area (Å²) in [5, 5.41) is 0. The second-order valence-electron chi connectivity index (χ2n) is 3.15. The maximum atomic E-state index is 5.15. The van der Waals surface area contributed by atoms with Crippen molar-refractivity contribution in [2.75, 3.05) is 7.11 Å². The number of rotatable bonds is 2. The van der Waals surface area contributed by atoms with E-state index in [1.165, 1.54) is 0 Å². The van der Waals surface area contributed by atoms with Gasteiger partial charge in [-0.05, 0) is 31.2 Å². The van der Waals surface area contributed by atoms with Gasteiger partial charge in [-0.1, -0.05) is 0 Å². The van der Waals surface area contributed by atoms with E-state index in [2.05, 4.69) is 9.98 Å². The van der Waals surface area contributed by atoms with Crippen LogP contribution in [0.15, 0.2) is 28.9 Å². The number of H-pyrrole nitrogens is 1. The molecule has 0 atom stereocenters. The summed E-state index contributed by atoms with van der Waals surface area (Å²) in [5.41, 5.74) is 3.07. The highest BCUT2D eigenvalue weighted by atomic mass is 16.5. The SMILES string of the molecule is COc1[nH]c(/C=C2/C=CC=N2)cc1C. The maximum absolute atomic E-state index is 5.15. The molecule has 0 fully saturated rings. The summed E-state index contributed by atoms with van der Waals surface area (Å²) in [7, 11) is 1.66. The Hall–Kier alpha value is -1.77. The number of nitrogens with zero attached hydrogens (tertiary/aromatic N) is 1. The lowest BCUT2D eigenvalue weighted by Gasteiger charge is -1.94. The normalized spacial score (nSPS) is 16.9. The predicted octanol–water partition coefficient (Wildman–Crippen LogP) is 2.31. The van der Waals surface area contributed by atoms with E-state index in [0.717, 1.165) is 22.8 Å². The third kappa shape index (κ3) is 1.62. The highest BCUT2D eigenvalue weighted by molar-refractivity contribution is 5.79. The van der Waals surface area contributed by atoms with Gasteiger partial charge in [0.15, 0.2) is 5.88 Å².